The first-order chi connectivity index (χ1) is 10.3. The lowest BCUT2D eigenvalue weighted by Gasteiger charge is -2.29. The average molecular weight is 289 g/mol. The van der Waals surface area contributed by atoms with Crippen molar-refractivity contribution in [2.75, 3.05) is 19.7 Å². The summed E-state index contributed by atoms with van der Waals surface area (Å²) < 4.78 is 4.92. The molecule has 3 nitrogen and oxygen atoms in total. The summed E-state index contributed by atoms with van der Waals surface area (Å²) in [4.78, 5) is 11.2. The summed E-state index contributed by atoms with van der Waals surface area (Å²) in [6, 6.07) is 10.9. The van der Waals surface area contributed by atoms with E-state index in [9.17, 15) is 4.79 Å². The average Bonchev–Trinajstić information content (AvgIpc) is 2.53. The van der Waals surface area contributed by atoms with Crippen LogP contribution in [0.1, 0.15) is 50.5 Å². The van der Waals surface area contributed by atoms with Crippen molar-refractivity contribution in [3.63, 3.8) is 0 Å². The predicted molar refractivity (Wildman–Crippen MR) is 85.3 cm³/mol. The Labute approximate surface area is 128 Å². The van der Waals surface area contributed by atoms with E-state index < -0.39 is 0 Å². The third kappa shape index (κ3) is 5.50. The molecule has 0 spiro atoms. The SMILES string of the molecule is CCOC(=O)CCNCC1CCC(c2ccccc2)CC1. The molecular weight excluding hydrogens is 262 g/mol. The fourth-order valence-electron chi connectivity index (χ4n) is 3.15. The zero-order valence-corrected chi connectivity index (χ0v) is 13.0. The minimum absolute atomic E-state index is 0.0993. The van der Waals surface area contributed by atoms with Gasteiger partial charge in [-0.15, -0.1) is 0 Å². The van der Waals surface area contributed by atoms with Gasteiger partial charge in [-0.3, -0.25) is 4.79 Å². The van der Waals surface area contributed by atoms with Crippen LogP contribution in [0.4, 0.5) is 0 Å². The van der Waals surface area contributed by atoms with Crippen molar-refractivity contribution in [2.45, 2.75) is 44.9 Å². The summed E-state index contributed by atoms with van der Waals surface area (Å²) in [6.45, 7) is 4.08. The maximum Gasteiger partial charge on any atom is 0.307 e. The third-order valence-corrected chi connectivity index (χ3v) is 4.36. The Morgan fingerprint density at radius 1 is 1.19 bits per heavy atom. The molecule has 0 bridgehead atoms. The van der Waals surface area contributed by atoms with Crippen molar-refractivity contribution in [3.8, 4) is 0 Å². The molecule has 0 heterocycles. The van der Waals surface area contributed by atoms with Crippen LogP contribution >= 0.6 is 0 Å². The summed E-state index contributed by atoms with van der Waals surface area (Å²) in [5, 5.41) is 3.40. The number of nitrogens with one attached hydrogen (secondary N) is 1. The van der Waals surface area contributed by atoms with Crippen molar-refractivity contribution >= 4 is 5.97 Å². The van der Waals surface area contributed by atoms with Gasteiger partial charge >= 0.3 is 5.97 Å². The molecule has 0 saturated heterocycles. The quantitative estimate of drug-likeness (QED) is 0.616. The molecule has 1 aromatic rings. The Hall–Kier alpha value is -1.35. The first kappa shape index (κ1) is 16.0. The highest BCUT2D eigenvalue weighted by molar-refractivity contribution is 5.69. The van der Waals surface area contributed by atoms with Gasteiger partial charge in [-0.2, -0.15) is 0 Å². The Morgan fingerprint density at radius 2 is 1.90 bits per heavy atom. The molecule has 116 valence electrons. The smallest absolute Gasteiger partial charge is 0.307 e. The summed E-state index contributed by atoms with van der Waals surface area (Å²) in [6.07, 6.45) is 5.62. The van der Waals surface area contributed by atoms with Crippen molar-refractivity contribution in [3.05, 3.63) is 35.9 Å². The van der Waals surface area contributed by atoms with Crippen molar-refractivity contribution in [1.29, 1.82) is 0 Å². The minimum Gasteiger partial charge on any atom is -0.466 e. The van der Waals surface area contributed by atoms with Gasteiger partial charge in [0, 0.05) is 6.54 Å². The number of carbonyl (C=O) groups excluding carboxylic acids is 1. The van der Waals surface area contributed by atoms with Crippen LogP contribution in [0.3, 0.4) is 0 Å². The number of esters is 1. The largest absolute Gasteiger partial charge is 0.466 e. The molecular formula is C18H27NO2. The van der Waals surface area contributed by atoms with Crippen LogP contribution in [0.2, 0.25) is 0 Å². The second-order valence-corrected chi connectivity index (χ2v) is 5.89. The fraction of sp³-hybridized carbons (Fsp3) is 0.611. The van der Waals surface area contributed by atoms with E-state index in [0.29, 0.717) is 13.0 Å². The number of ether oxygens (including phenoxy) is 1. The monoisotopic (exact) mass is 289 g/mol. The number of benzene rings is 1. The summed E-state index contributed by atoms with van der Waals surface area (Å²) in [5.74, 6) is 1.40. The highest BCUT2D eigenvalue weighted by Gasteiger charge is 2.21. The first-order valence-electron chi connectivity index (χ1n) is 8.21. The van der Waals surface area contributed by atoms with Crippen LogP contribution in [-0.2, 0) is 9.53 Å². The molecule has 0 amide bonds. The molecule has 1 fully saturated rings. The van der Waals surface area contributed by atoms with Crippen molar-refractivity contribution < 1.29 is 9.53 Å². The normalized spacial score (nSPS) is 22.0. The van der Waals surface area contributed by atoms with Gasteiger partial charge in [0.05, 0.1) is 13.0 Å². The van der Waals surface area contributed by atoms with E-state index in [2.05, 4.69) is 35.6 Å². The van der Waals surface area contributed by atoms with Gasteiger partial charge in [-0.25, -0.2) is 0 Å². The third-order valence-electron chi connectivity index (χ3n) is 4.36. The Bertz CT molecular complexity index is 410. The van der Waals surface area contributed by atoms with Gasteiger partial charge < -0.3 is 10.1 Å². The predicted octanol–water partition coefficient (Wildman–Crippen LogP) is 3.50. The molecule has 2 rings (SSSR count). The lowest BCUT2D eigenvalue weighted by molar-refractivity contribution is -0.142. The molecule has 1 aliphatic carbocycles. The van der Waals surface area contributed by atoms with Crippen LogP contribution in [0, 0.1) is 5.92 Å². The van der Waals surface area contributed by atoms with E-state index in [1.165, 1.54) is 31.2 Å². The molecule has 0 radical (unpaired) electrons. The maximum absolute atomic E-state index is 11.2. The van der Waals surface area contributed by atoms with Crippen LogP contribution in [0.5, 0.6) is 0 Å². The van der Waals surface area contributed by atoms with E-state index in [1.54, 1.807) is 0 Å². The van der Waals surface area contributed by atoms with Gasteiger partial charge in [-0.05, 0) is 56.6 Å². The number of hydrogen-bond acceptors (Lipinski definition) is 3. The zero-order chi connectivity index (χ0) is 14.9. The number of carbonyl (C=O) groups is 1. The summed E-state index contributed by atoms with van der Waals surface area (Å²) in [5.41, 5.74) is 1.49. The summed E-state index contributed by atoms with van der Waals surface area (Å²) in [7, 11) is 0. The standard InChI is InChI=1S/C18H27NO2/c1-2-21-18(20)12-13-19-14-15-8-10-17(11-9-15)16-6-4-3-5-7-16/h3-7,15,17,19H,2,8-14H2,1H3. The molecule has 21 heavy (non-hydrogen) atoms. The molecule has 0 atom stereocenters. The van der Waals surface area contributed by atoms with Gasteiger partial charge in [0.2, 0.25) is 0 Å². The van der Waals surface area contributed by atoms with Crippen molar-refractivity contribution in [1.82, 2.24) is 5.32 Å². The molecule has 1 aromatic carbocycles. The minimum atomic E-state index is -0.0993. The molecule has 0 aromatic heterocycles. The van der Waals surface area contributed by atoms with E-state index in [4.69, 9.17) is 4.74 Å². The lowest BCUT2D eigenvalue weighted by atomic mass is 9.79. The highest BCUT2D eigenvalue weighted by atomic mass is 16.5. The Balaban J connectivity index is 1.60. The van der Waals surface area contributed by atoms with Crippen molar-refractivity contribution in [2.24, 2.45) is 5.92 Å². The van der Waals surface area contributed by atoms with Gasteiger partial charge in [0.1, 0.15) is 0 Å². The van der Waals surface area contributed by atoms with Crippen LogP contribution < -0.4 is 5.32 Å². The molecule has 1 N–H and O–H groups in total. The van der Waals surface area contributed by atoms with E-state index >= 15 is 0 Å². The van der Waals surface area contributed by atoms with Crippen LogP contribution in [0.25, 0.3) is 0 Å². The van der Waals surface area contributed by atoms with E-state index in [-0.39, 0.29) is 5.97 Å². The molecule has 0 unspecified atom stereocenters. The maximum atomic E-state index is 11.2. The second-order valence-electron chi connectivity index (χ2n) is 5.89. The number of hydrogen-bond donors (Lipinski definition) is 1. The van der Waals surface area contributed by atoms with Gasteiger partial charge in [0.15, 0.2) is 0 Å². The fourth-order valence-corrected chi connectivity index (χ4v) is 3.15. The van der Waals surface area contributed by atoms with Gasteiger partial charge in [-0.1, -0.05) is 30.3 Å². The lowest BCUT2D eigenvalue weighted by Crippen LogP contribution is -2.28. The van der Waals surface area contributed by atoms with E-state index in [1.807, 2.05) is 6.92 Å². The highest BCUT2D eigenvalue weighted by Crippen LogP contribution is 2.35. The summed E-state index contributed by atoms with van der Waals surface area (Å²) >= 11 is 0. The molecule has 3 heteroatoms. The topological polar surface area (TPSA) is 38.3 Å². The zero-order valence-electron chi connectivity index (χ0n) is 13.0. The van der Waals surface area contributed by atoms with E-state index in [0.717, 1.165) is 24.9 Å². The van der Waals surface area contributed by atoms with Crippen LogP contribution in [-0.4, -0.2) is 25.7 Å². The Kier molecular flexibility index (Phi) is 6.74. The second kappa shape index (κ2) is 8.83. The Morgan fingerprint density at radius 3 is 2.57 bits per heavy atom. The van der Waals surface area contributed by atoms with Crippen LogP contribution in [0.15, 0.2) is 30.3 Å². The molecule has 1 saturated carbocycles. The first-order valence-corrected chi connectivity index (χ1v) is 8.21. The van der Waals surface area contributed by atoms with Gasteiger partial charge in [0.25, 0.3) is 0 Å². The number of rotatable bonds is 7. The molecule has 1 aliphatic rings. The molecule has 0 aliphatic heterocycles.